The number of aliphatic hydroxyl groups excluding tert-OH is 2. The summed E-state index contributed by atoms with van der Waals surface area (Å²) in [5.74, 6) is -0.906. The maximum absolute atomic E-state index is 10.7. The van der Waals surface area contributed by atoms with E-state index in [0.717, 1.165) is 0 Å². The van der Waals surface area contributed by atoms with E-state index in [-0.39, 0.29) is 13.2 Å². The number of carbonyl (C=O) groups excluding carboxylic acids is 2. The van der Waals surface area contributed by atoms with Crippen molar-refractivity contribution < 1.29 is 34.0 Å². The van der Waals surface area contributed by atoms with Crippen LogP contribution in [0, 0.1) is 0 Å². The van der Waals surface area contributed by atoms with Crippen LogP contribution >= 0.6 is 0 Å². The van der Waals surface area contributed by atoms with E-state index in [1.807, 2.05) is 0 Å². The standard InChI is InChI=1S/C9H16O5.C2H6O2/c1-5-12-9(14-8(4)11)6(2)13-7(3)10;3-1-2-4/h6,9H,5H2,1-4H3;3-4H,1-2H2. The molecule has 2 N–H and O–H groups in total. The molecule has 0 saturated carbocycles. The molecule has 0 spiro atoms. The molecule has 7 nitrogen and oxygen atoms in total. The number of hydrogen-bond acceptors (Lipinski definition) is 7. The van der Waals surface area contributed by atoms with E-state index in [4.69, 9.17) is 24.4 Å². The highest BCUT2D eigenvalue weighted by molar-refractivity contribution is 5.67. The summed E-state index contributed by atoms with van der Waals surface area (Å²) in [5, 5.41) is 15.2. The largest absolute Gasteiger partial charge is 0.456 e. The van der Waals surface area contributed by atoms with Gasteiger partial charge < -0.3 is 24.4 Å². The van der Waals surface area contributed by atoms with Gasteiger partial charge in [-0.05, 0) is 13.8 Å². The number of rotatable bonds is 6. The molecule has 0 rings (SSSR count). The normalized spacial score (nSPS) is 12.8. The third-order valence-electron chi connectivity index (χ3n) is 1.45. The minimum absolute atomic E-state index is 0.125. The fraction of sp³-hybridized carbons (Fsp3) is 0.818. The quantitative estimate of drug-likeness (QED) is 0.508. The first kappa shape index (κ1) is 19.2. The minimum atomic E-state index is -0.832. The maximum atomic E-state index is 10.7. The van der Waals surface area contributed by atoms with Gasteiger partial charge in [0.05, 0.1) is 13.2 Å². The molecule has 0 aromatic carbocycles. The summed E-state index contributed by atoms with van der Waals surface area (Å²) in [4.78, 5) is 21.3. The number of carbonyl (C=O) groups is 2. The summed E-state index contributed by atoms with van der Waals surface area (Å²) < 4.78 is 14.7. The minimum Gasteiger partial charge on any atom is -0.456 e. The molecule has 0 aliphatic rings. The van der Waals surface area contributed by atoms with Crippen LogP contribution < -0.4 is 0 Å². The Labute approximate surface area is 107 Å². The molecule has 0 aromatic rings. The van der Waals surface area contributed by atoms with Crippen LogP contribution in [0.2, 0.25) is 0 Å². The molecule has 0 bridgehead atoms. The van der Waals surface area contributed by atoms with E-state index in [1.54, 1.807) is 13.8 Å². The van der Waals surface area contributed by atoms with Gasteiger partial charge in [-0.25, -0.2) is 0 Å². The Morgan fingerprint density at radius 1 is 1.06 bits per heavy atom. The Balaban J connectivity index is 0. The van der Waals surface area contributed by atoms with Crippen molar-refractivity contribution in [2.75, 3.05) is 19.8 Å². The van der Waals surface area contributed by atoms with E-state index in [0.29, 0.717) is 6.61 Å². The van der Waals surface area contributed by atoms with Gasteiger partial charge in [-0.3, -0.25) is 9.59 Å². The number of ether oxygens (including phenoxy) is 3. The first-order chi connectivity index (χ1) is 8.38. The van der Waals surface area contributed by atoms with Crippen LogP contribution in [0.15, 0.2) is 0 Å². The summed E-state index contributed by atoms with van der Waals surface area (Å²) in [6.45, 7) is 6.05. The van der Waals surface area contributed by atoms with Crippen molar-refractivity contribution >= 4 is 11.9 Å². The third-order valence-corrected chi connectivity index (χ3v) is 1.45. The summed E-state index contributed by atoms with van der Waals surface area (Å²) in [5.41, 5.74) is 0. The summed E-state index contributed by atoms with van der Waals surface area (Å²) in [7, 11) is 0. The summed E-state index contributed by atoms with van der Waals surface area (Å²) >= 11 is 0. The second-order valence-electron chi connectivity index (χ2n) is 3.19. The third kappa shape index (κ3) is 12.9. The van der Waals surface area contributed by atoms with Crippen molar-refractivity contribution in [2.45, 2.75) is 40.1 Å². The second kappa shape index (κ2) is 12.3. The number of aliphatic hydroxyl groups is 2. The molecule has 0 amide bonds. The Morgan fingerprint density at radius 2 is 1.50 bits per heavy atom. The molecule has 108 valence electrons. The lowest BCUT2D eigenvalue weighted by Crippen LogP contribution is -2.34. The van der Waals surface area contributed by atoms with E-state index in [2.05, 4.69) is 0 Å². The lowest BCUT2D eigenvalue weighted by atomic mass is 10.4. The van der Waals surface area contributed by atoms with Crippen LogP contribution in [-0.4, -0.2) is 54.4 Å². The summed E-state index contributed by atoms with van der Waals surface area (Å²) in [6.07, 6.45) is -1.43. The molecule has 18 heavy (non-hydrogen) atoms. The molecule has 0 aliphatic heterocycles. The van der Waals surface area contributed by atoms with Crippen molar-refractivity contribution in [3.05, 3.63) is 0 Å². The fourth-order valence-electron chi connectivity index (χ4n) is 0.911. The van der Waals surface area contributed by atoms with Gasteiger partial charge in [0.25, 0.3) is 0 Å². The second-order valence-corrected chi connectivity index (χ2v) is 3.19. The molecular formula is C11H22O7. The van der Waals surface area contributed by atoms with Gasteiger partial charge >= 0.3 is 11.9 Å². The number of esters is 2. The topological polar surface area (TPSA) is 102 Å². The first-order valence-corrected chi connectivity index (χ1v) is 5.56. The summed E-state index contributed by atoms with van der Waals surface area (Å²) in [6, 6.07) is 0. The van der Waals surface area contributed by atoms with Gasteiger partial charge in [-0.15, -0.1) is 0 Å². The lowest BCUT2D eigenvalue weighted by molar-refractivity contribution is -0.206. The zero-order valence-electron chi connectivity index (χ0n) is 11.2. The van der Waals surface area contributed by atoms with Crippen LogP contribution in [-0.2, 0) is 23.8 Å². The molecule has 2 atom stereocenters. The first-order valence-electron chi connectivity index (χ1n) is 5.56. The molecule has 0 radical (unpaired) electrons. The van der Waals surface area contributed by atoms with Crippen molar-refractivity contribution in [1.29, 1.82) is 0 Å². The zero-order valence-corrected chi connectivity index (χ0v) is 11.2. The molecule has 0 fully saturated rings. The van der Waals surface area contributed by atoms with Gasteiger partial charge in [0.2, 0.25) is 6.29 Å². The van der Waals surface area contributed by atoms with Gasteiger partial charge in [0.15, 0.2) is 6.10 Å². The average molecular weight is 266 g/mol. The average Bonchev–Trinajstić information content (AvgIpc) is 2.27. The van der Waals surface area contributed by atoms with Crippen LogP contribution in [0.5, 0.6) is 0 Å². The highest BCUT2D eigenvalue weighted by Gasteiger charge is 2.22. The van der Waals surface area contributed by atoms with Gasteiger partial charge in [0, 0.05) is 20.5 Å². The van der Waals surface area contributed by atoms with Gasteiger partial charge in [-0.1, -0.05) is 0 Å². The predicted molar refractivity (Wildman–Crippen MR) is 62.6 cm³/mol. The molecule has 0 aliphatic carbocycles. The van der Waals surface area contributed by atoms with E-state index in [9.17, 15) is 9.59 Å². The number of hydrogen-bond donors (Lipinski definition) is 2. The molecule has 0 heterocycles. The molecule has 2 unspecified atom stereocenters. The van der Waals surface area contributed by atoms with Crippen molar-refractivity contribution in [3.8, 4) is 0 Å². The highest BCUT2D eigenvalue weighted by Crippen LogP contribution is 2.06. The maximum Gasteiger partial charge on any atom is 0.305 e. The van der Waals surface area contributed by atoms with Crippen molar-refractivity contribution in [1.82, 2.24) is 0 Å². The highest BCUT2D eigenvalue weighted by atomic mass is 16.7. The monoisotopic (exact) mass is 266 g/mol. The fourth-order valence-corrected chi connectivity index (χ4v) is 0.911. The van der Waals surface area contributed by atoms with Crippen LogP contribution in [0.25, 0.3) is 0 Å². The van der Waals surface area contributed by atoms with Crippen molar-refractivity contribution in [2.24, 2.45) is 0 Å². The van der Waals surface area contributed by atoms with Crippen LogP contribution in [0.4, 0.5) is 0 Å². The Kier molecular flexibility index (Phi) is 13.1. The molecule has 0 aromatic heterocycles. The molecule has 7 heteroatoms. The predicted octanol–water partition coefficient (Wildman–Crippen LogP) is -0.165. The zero-order chi connectivity index (χ0) is 14.6. The van der Waals surface area contributed by atoms with Gasteiger partial charge in [0.1, 0.15) is 0 Å². The molecule has 0 saturated heterocycles. The van der Waals surface area contributed by atoms with Gasteiger partial charge in [-0.2, -0.15) is 0 Å². The Bertz CT molecular complexity index is 227. The Morgan fingerprint density at radius 3 is 1.78 bits per heavy atom. The molecular weight excluding hydrogens is 244 g/mol. The smallest absolute Gasteiger partial charge is 0.305 e. The van der Waals surface area contributed by atoms with Crippen molar-refractivity contribution in [3.63, 3.8) is 0 Å². The van der Waals surface area contributed by atoms with E-state index >= 15 is 0 Å². The Hall–Kier alpha value is -1.18. The SMILES string of the molecule is CCOC(OC(C)=O)C(C)OC(C)=O.OCCO. The van der Waals surface area contributed by atoms with E-state index < -0.39 is 24.3 Å². The van der Waals surface area contributed by atoms with E-state index in [1.165, 1.54) is 13.8 Å². The van der Waals surface area contributed by atoms with Crippen LogP contribution in [0.1, 0.15) is 27.7 Å². The van der Waals surface area contributed by atoms with Crippen LogP contribution in [0.3, 0.4) is 0 Å². The lowest BCUT2D eigenvalue weighted by Gasteiger charge is -2.22.